The number of ether oxygens (including phenoxy) is 3. The molecule has 1 aromatic heterocycles. The molecule has 0 aliphatic carbocycles. The summed E-state index contributed by atoms with van der Waals surface area (Å²) < 4.78 is 18.1. The summed E-state index contributed by atoms with van der Waals surface area (Å²) in [6.07, 6.45) is -3.62. The molecule has 3 heterocycles. The Morgan fingerprint density at radius 1 is 1.18 bits per heavy atom. The molecular formula is C23H26N2O8. The van der Waals surface area contributed by atoms with Crippen LogP contribution in [0.3, 0.4) is 0 Å². The number of para-hydroxylation sites is 1. The molecule has 10 heteroatoms. The molecule has 176 valence electrons. The third-order valence-electron chi connectivity index (χ3n) is 6.24. The number of nitrogens with zero attached hydrogens (tertiary/aromatic N) is 2. The highest BCUT2D eigenvalue weighted by molar-refractivity contribution is 5.82. The van der Waals surface area contributed by atoms with Gasteiger partial charge in [-0.1, -0.05) is 18.2 Å². The first-order valence-corrected chi connectivity index (χ1v) is 10.8. The van der Waals surface area contributed by atoms with E-state index in [1.165, 1.54) is 5.56 Å². The number of aliphatic hydroxyl groups excluding tert-OH is 4. The Kier molecular flexibility index (Phi) is 5.73. The van der Waals surface area contributed by atoms with Gasteiger partial charge in [-0.25, -0.2) is 4.98 Å². The summed E-state index contributed by atoms with van der Waals surface area (Å²) in [6, 6.07) is 11.1. The Bertz CT molecular complexity index is 1150. The number of rotatable bonds is 6. The van der Waals surface area contributed by atoms with Crippen LogP contribution in [0.25, 0.3) is 11.0 Å². The molecule has 0 amide bonds. The van der Waals surface area contributed by atoms with Crippen LogP contribution in [0.1, 0.15) is 11.1 Å². The minimum absolute atomic E-state index is 0.145. The summed E-state index contributed by atoms with van der Waals surface area (Å²) >= 11 is 0. The van der Waals surface area contributed by atoms with Crippen molar-refractivity contribution < 1.29 is 39.7 Å². The Labute approximate surface area is 189 Å². The van der Waals surface area contributed by atoms with E-state index in [4.69, 9.17) is 14.2 Å². The van der Waals surface area contributed by atoms with Crippen LogP contribution in [0.15, 0.2) is 42.7 Å². The number of aryl methyl sites for hydroxylation is 2. The molecule has 0 unspecified atom stereocenters. The first-order valence-electron chi connectivity index (χ1n) is 10.8. The molecule has 5 N–H and O–H groups in total. The summed E-state index contributed by atoms with van der Waals surface area (Å²) in [6.45, 7) is 0.609. The van der Waals surface area contributed by atoms with E-state index < -0.39 is 37.0 Å². The molecule has 2 aromatic carbocycles. The smallest absolute Gasteiger partial charge is 0.288 e. The molecule has 2 aliphatic rings. The average Bonchev–Trinajstić information content (AvgIpc) is 3.46. The van der Waals surface area contributed by atoms with Gasteiger partial charge in [-0.05, 0) is 35.7 Å². The maximum atomic E-state index is 10.9. The molecule has 5 rings (SSSR count). The molecule has 0 radical (unpaired) electrons. The van der Waals surface area contributed by atoms with Crippen LogP contribution in [0.4, 0.5) is 0 Å². The zero-order chi connectivity index (χ0) is 23.2. The molecule has 10 nitrogen and oxygen atoms in total. The zero-order valence-corrected chi connectivity index (χ0v) is 17.7. The van der Waals surface area contributed by atoms with Crippen molar-refractivity contribution in [2.24, 2.45) is 0 Å². The fourth-order valence-corrected chi connectivity index (χ4v) is 4.37. The van der Waals surface area contributed by atoms with Crippen LogP contribution >= 0.6 is 0 Å². The fraction of sp³-hybridized carbons (Fsp3) is 0.435. The largest absolute Gasteiger partial charge is 0.493 e. The van der Waals surface area contributed by atoms with Crippen LogP contribution < -0.4 is 9.47 Å². The standard InChI is InChI=1S/C23H26N2O8/c26-11-18-20(27)21(28)23(30,22(29)32-18)33-17-3-1-2-15-19(17)25(12-24-15)8-6-13-4-5-16-14(10-13)7-9-31-16/h1-5,10,12,18,20-22,26-30H,6-9,11H2/t18-,20-,21+,22-,23+/m1/s1. The normalized spacial score (nSPS) is 29.1. The van der Waals surface area contributed by atoms with Crippen molar-refractivity contribution in [1.29, 1.82) is 0 Å². The van der Waals surface area contributed by atoms with Crippen molar-refractivity contribution >= 4 is 11.0 Å². The maximum absolute atomic E-state index is 10.9. The van der Waals surface area contributed by atoms with Crippen molar-refractivity contribution in [3.63, 3.8) is 0 Å². The predicted molar refractivity (Wildman–Crippen MR) is 115 cm³/mol. The molecule has 5 atom stereocenters. The molecular weight excluding hydrogens is 432 g/mol. The van der Waals surface area contributed by atoms with Gasteiger partial charge >= 0.3 is 0 Å². The summed E-state index contributed by atoms with van der Waals surface area (Å²) in [5, 5.41) is 51.1. The van der Waals surface area contributed by atoms with Crippen molar-refractivity contribution in [1.82, 2.24) is 9.55 Å². The molecule has 1 fully saturated rings. The van der Waals surface area contributed by atoms with Gasteiger partial charge in [0, 0.05) is 13.0 Å². The molecule has 33 heavy (non-hydrogen) atoms. The lowest BCUT2D eigenvalue weighted by Crippen LogP contribution is -2.69. The van der Waals surface area contributed by atoms with Crippen molar-refractivity contribution in [3.8, 4) is 11.5 Å². The Morgan fingerprint density at radius 2 is 2.03 bits per heavy atom. The van der Waals surface area contributed by atoms with Gasteiger partial charge in [0.2, 0.25) is 6.29 Å². The molecule has 3 aromatic rings. The molecule has 0 bridgehead atoms. The number of aromatic nitrogens is 2. The lowest BCUT2D eigenvalue weighted by Gasteiger charge is -2.45. The third-order valence-corrected chi connectivity index (χ3v) is 6.24. The highest BCUT2D eigenvalue weighted by atomic mass is 16.7. The van der Waals surface area contributed by atoms with E-state index in [9.17, 15) is 25.5 Å². The zero-order valence-electron chi connectivity index (χ0n) is 17.7. The van der Waals surface area contributed by atoms with Gasteiger partial charge in [-0.15, -0.1) is 0 Å². The van der Waals surface area contributed by atoms with E-state index in [0.717, 1.165) is 17.7 Å². The lowest BCUT2D eigenvalue weighted by atomic mass is 9.96. The number of hydrogen-bond donors (Lipinski definition) is 5. The number of fused-ring (bicyclic) bond motifs is 2. The van der Waals surface area contributed by atoms with Crippen LogP contribution in [-0.4, -0.2) is 78.7 Å². The third kappa shape index (κ3) is 3.84. The summed E-state index contributed by atoms with van der Waals surface area (Å²) in [7, 11) is 0. The highest BCUT2D eigenvalue weighted by Crippen LogP contribution is 2.35. The molecule has 0 spiro atoms. The van der Waals surface area contributed by atoms with Gasteiger partial charge in [0.05, 0.1) is 25.1 Å². The first-order chi connectivity index (χ1) is 15.9. The SMILES string of the molecule is OC[C@H]1O[C@@H](O)[C@@](O)(Oc2cccc3ncn(CCc4ccc5c(c4)CCO5)c23)[C@@H](O)[C@@H]1O. The van der Waals surface area contributed by atoms with Crippen molar-refractivity contribution in [3.05, 3.63) is 53.9 Å². The van der Waals surface area contributed by atoms with Gasteiger partial charge in [0.15, 0.2) is 6.10 Å². The maximum Gasteiger partial charge on any atom is 0.288 e. The van der Waals surface area contributed by atoms with Crippen LogP contribution in [0.5, 0.6) is 11.5 Å². The van der Waals surface area contributed by atoms with Crippen LogP contribution in [0, 0.1) is 0 Å². The lowest BCUT2D eigenvalue weighted by molar-refractivity contribution is -0.385. The molecule has 2 aliphatic heterocycles. The Balaban J connectivity index is 1.41. The number of imidazole rings is 1. The van der Waals surface area contributed by atoms with Gasteiger partial charge in [0.25, 0.3) is 5.79 Å². The number of benzene rings is 2. The number of aliphatic hydroxyl groups is 5. The van der Waals surface area contributed by atoms with E-state index >= 15 is 0 Å². The minimum atomic E-state index is -2.66. The second-order valence-electron chi connectivity index (χ2n) is 8.35. The van der Waals surface area contributed by atoms with Crippen LogP contribution in [-0.2, 0) is 24.1 Å². The second-order valence-corrected chi connectivity index (χ2v) is 8.35. The quantitative estimate of drug-likeness (QED) is 0.315. The Hall–Kier alpha value is -2.73. The topological polar surface area (TPSA) is 147 Å². The highest BCUT2D eigenvalue weighted by Gasteiger charge is 2.57. The van der Waals surface area contributed by atoms with Gasteiger partial charge in [-0.2, -0.15) is 0 Å². The fourth-order valence-electron chi connectivity index (χ4n) is 4.37. The summed E-state index contributed by atoms with van der Waals surface area (Å²) in [4.78, 5) is 4.39. The number of hydrogen-bond acceptors (Lipinski definition) is 9. The average molecular weight is 458 g/mol. The van der Waals surface area contributed by atoms with Gasteiger partial charge < -0.3 is 44.3 Å². The van der Waals surface area contributed by atoms with E-state index in [1.807, 2.05) is 16.7 Å². The van der Waals surface area contributed by atoms with Gasteiger partial charge in [-0.3, -0.25) is 0 Å². The summed E-state index contributed by atoms with van der Waals surface area (Å²) in [5.41, 5.74) is 3.47. The molecule has 1 saturated heterocycles. The van der Waals surface area contributed by atoms with E-state index in [2.05, 4.69) is 11.1 Å². The van der Waals surface area contributed by atoms with Crippen LogP contribution in [0.2, 0.25) is 0 Å². The minimum Gasteiger partial charge on any atom is -0.493 e. The monoisotopic (exact) mass is 458 g/mol. The van der Waals surface area contributed by atoms with E-state index in [0.29, 0.717) is 30.6 Å². The second kappa shape index (κ2) is 8.56. The first kappa shape index (κ1) is 22.1. The van der Waals surface area contributed by atoms with Crippen molar-refractivity contribution in [2.75, 3.05) is 13.2 Å². The predicted octanol–water partition coefficient (Wildman–Crippen LogP) is -0.287. The van der Waals surface area contributed by atoms with E-state index in [-0.39, 0.29) is 5.75 Å². The summed E-state index contributed by atoms with van der Waals surface area (Å²) in [5.74, 6) is -1.59. The van der Waals surface area contributed by atoms with E-state index in [1.54, 1.807) is 24.5 Å². The van der Waals surface area contributed by atoms with Crippen molar-refractivity contribution in [2.45, 2.75) is 49.8 Å². The van der Waals surface area contributed by atoms with Gasteiger partial charge in [0.1, 0.15) is 29.2 Å². The molecule has 0 saturated carbocycles. The Morgan fingerprint density at radius 3 is 2.85 bits per heavy atom.